The molecule has 3 N–H and O–H groups in total. The Morgan fingerprint density at radius 3 is 2.22 bits per heavy atom. The van der Waals surface area contributed by atoms with Crippen LogP contribution in [0.5, 0.6) is 0 Å². The lowest BCUT2D eigenvalue weighted by atomic mass is 10.5. The summed E-state index contributed by atoms with van der Waals surface area (Å²) >= 11 is 0. The second-order valence-electron chi connectivity index (χ2n) is 3.30. The number of aromatic nitrogens is 3. The molecule has 9 heteroatoms. The van der Waals surface area contributed by atoms with Crippen LogP contribution in [0.3, 0.4) is 0 Å². The predicted octanol–water partition coefficient (Wildman–Crippen LogP) is -2.12. The zero-order valence-corrected chi connectivity index (χ0v) is 9.21. The highest BCUT2D eigenvalue weighted by atomic mass is 16.6. The van der Waals surface area contributed by atoms with Crippen molar-refractivity contribution < 1.29 is 14.6 Å². The van der Waals surface area contributed by atoms with Crippen molar-refractivity contribution in [2.45, 2.75) is 12.6 Å². The molecule has 1 aromatic rings. The maximum Gasteiger partial charge on any atom is 0.333 e. The van der Waals surface area contributed by atoms with E-state index in [1.165, 1.54) is 0 Å². The summed E-state index contributed by atoms with van der Waals surface area (Å²) < 4.78 is 5.75. The van der Waals surface area contributed by atoms with Gasteiger partial charge in [-0.3, -0.25) is 9.97 Å². The van der Waals surface area contributed by atoms with E-state index in [-0.39, 0.29) is 12.6 Å². The van der Waals surface area contributed by atoms with Crippen molar-refractivity contribution in [3.05, 3.63) is 44.1 Å². The molecule has 1 atom stereocenters. The molecule has 1 aliphatic heterocycles. The molecule has 2 rings (SSSR count). The van der Waals surface area contributed by atoms with E-state index in [9.17, 15) is 19.2 Å². The molecule has 0 aliphatic carbocycles. The van der Waals surface area contributed by atoms with Crippen LogP contribution in [0.25, 0.3) is 0 Å². The number of rotatable bonds is 3. The van der Waals surface area contributed by atoms with Crippen LogP contribution in [0.1, 0.15) is 0 Å². The first-order chi connectivity index (χ1) is 8.43. The lowest BCUT2D eigenvalue weighted by Crippen LogP contribution is -2.44. The number of hydrogen-bond donors (Lipinski definition) is 3. The Bertz CT molecular complexity index is 571. The van der Waals surface area contributed by atoms with Crippen molar-refractivity contribution in [2.24, 2.45) is 0 Å². The van der Waals surface area contributed by atoms with Gasteiger partial charge in [0.25, 0.3) is 0 Å². The van der Waals surface area contributed by atoms with Crippen LogP contribution in [0.4, 0.5) is 0 Å². The van der Waals surface area contributed by atoms with E-state index in [0.29, 0.717) is 6.61 Å². The predicted molar refractivity (Wildman–Crippen MR) is 59.5 cm³/mol. The Hall–Kier alpha value is -2.42. The van der Waals surface area contributed by atoms with E-state index in [0.717, 1.165) is 10.6 Å². The molecule has 9 nitrogen and oxygen atoms in total. The van der Waals surface area contributed by atoms with E-state index in [1.807, 2.05) is 9.97 Å². The van der Waals surface area contributed by atoms with Gasteiger partial charge in [-0.05, 0) is 0 Å². The Labute approximate surface area is 99.4 Å². The minimum atomic E-state index is -0.981. The Morgan fingerprint density at radius 2 is 1.89 bits per heavy atom. The van der Waals surface area contributed by atoms with Gasteiger partial charge in [0.2, 0.25) is 0 Å². The molecule has 1 fully saturated rings. The number of H-pyrrole nitrogens is 2. The third kappa shape index (κ3) is 4.22. The zero-order chi connectivity index (χ0) is 13.7. The molecule has 0 radical (unpaired) electrons. The standard InChI is InChI=1S/C6H7N3O4.C3H4O2/c10-4-7-5(11)9(6(12)8-4)1-3-2-13-3;1-2-3(4)5/h3H,1-2H2,(H2,7,8,10,11,12);2H,1H2,(H,4,5). The van der Waals surface area contributed by atoms with E-state index in [4.69, 9.17) is 9.84 Å². The third-order valence-corrected chi connectivity index (χ3v) is 1.89. The number of nitrogens with zero attached hydrogens (tertiary/aromatic N) is 1. The van der Waals surface area contributed by atoms with E-state index in [1.54, 1.807) is 0 Å². The monoisotopic (exact) mass is 257 g/mol. The second kappa shape index (κ2) is 5.77. The van der Waals surface area contributed by atoms with Gasteiger partial charge in [-0.25, -0.2) is 23.7 Å². The lowest BCUT2D eigenvalue weighted by molar-refractivity contribution is -0.131. The van der Waals surface area contributed by atoms with Gasteiger partial charge in [-0.1, -0.05) is 6.58 Å². The van der Waals surface area contributed by atoms with Gasteiger partial charge >= 0.3 is 23.0 Å². The average Bonchev–Trinajstić information content (AvgIpc) is 3.08. The summed E-state index contributed by atoms with van der Waals surface area (Å²) in [6, 6.07) is 0. The molecular weight excluding hydrogens is 246 g/mol. The largest absolute Gasteiger partial charge is 0.478 e. The Kier molecular flexibility index (Phi) is 4.38. The summed E-state index contributed by atoms with van der Waals surface area (Å²) in [6.07, 6.45) is 0.754. The van der Waals surface area contributed by atoms with Gasteiger partial charge in [-0.2, -0.15) is 0 Å². The number of nitrogens with one attached hydrogen (secondary N) is 2. The smallest absolute Gasteiger partial charge is 0.333 e. The molecular formula is C9H11N3O6. The van der Waals surface area contributed by atoms with Crippen LogP contribution < -0.4 is 17.1 Å². The molecule has 98 valence electrons. The lowest BCUT2D eigenvalue weighted by Gasteiger charge is -1.97. The maximum absolute atomic E-state index is 11.1. The second-order valence-corrected chi connectivity index (χ2v) is 3.30. The molecule has 1 saturated heterocycles. The molecule has 1 unspecified atom stereocenters. The van der Waals surface area contributed by atoms with Crippen molar-refractivity contribution in [1.82, 2.24) is 14.5 Å². The van der Waals surface area contributed by atoms with Crippen molar-refractivity contribution >= 4 is 5.97 Å². The molecule has 0 amide bonds. The van der Waals surface area contributed by atoms with Gasteiger partial charge in [0.05, 0.1) is 19.3 Å². The van der Waals surface area contributed by atoms with E-state index < -0.39 is 23.0 Å². The Balaban J connectivity index is 0.000000280. The van der Waals surface area contributed by atoms with Crippen molar-refractivity contribution in [1.29, 1.82) is 0 Å². The fraction of sp³-hybridized carbons (Fsp3) is 0.333. The number of ether oxygens (including phenoxy) is 1. The first kappa shape index (κ1) is 13.6. The molecule has 1 aliphatic rings. The number of aromatic amines is 2. The average molecular weight is 257 g/mol. The van der Waals surface area contributed by atoms with Gasteiger partial charge in [0.1, 0.15) is 0 Å². The van der Waals surface area contributed by atoms with Crippen LogP contribution in [-0.2, 0) is 16.1 Å². The first-order valence-corrected chi connectivity index (χ1v) is 4.84. The van der Waals surface area contributed by atoms with Crippen LogP contribution >= 0.6 is 0 Å². The maximum atomic E-state index is 11.1. The van der Waals surface area contributed by atoms with Crippen LogP contribution in [0, 0.1) is 0 Å². The fourth-order valence-corrected chi connectivity index (χ4v) is 0.996. The summed E-state index contributed by atoms with van der Waals surface area (Å²) in [5.41, 5.74) is -2.20. The highest BCUT2D eigenvalue weighted by Gasteiger charge is 2.24. The number of carboxylic acids is 1. The van der Waals surface area contributed by atoms with Gasteiger partial charge in [0, 0.05) is 6.08 Å². The summed E-state index contributed by atoms with van der Waals surface area (Å²) in [5.74, 6) is -0.981. The number of aliphatic carboxylic acids is 1. The van der Waals surface area contributed by atoms with Crippen LogP contribution in [-0.4, -0.2) is 38.3 Å². The fourth-order valence-electron chi connectivity index (χ4n) is 0.996. The van der Waals surface area contributed by atoms with Crippen molar-refractivity contribution in [3.8, 4) is 0 Å². The van der Waals surface area contributed by atoms with Gasteiger partial charge in [-0.15, -0.1) is 0 Å². The molecule has 0 spiro atoms. The van der Waals surface area contributed by atoms with Crippen molar-refractivity contribution in [2.75, 3.05) is 6.61 Å². The number of carbonyl (C=O) groups is 1. The minimum absolute atomic E-state index is 0.0790. The molecule has 0 aromatic carbocycles. The number of hydrogen-bond acceptors (Lipinski definition) is 5. The van der Waals surface area contributed by atoms with Gasteiger partial charge < -0.3 is 9.84 Å². The van der Waals surface area contributed by atoms with Gasteiger partial charge in [0.15, 0.2) is 0 Å². The third-order valence-electron chi connectivity index (χ3n) is 1.89. The molecule has 0 saturated carbocycles. The van der Waals surface area contributed by atoms with Crippen molar-refractivity contribution in [3.63, 3.8) is 0 Å². The zero-order valence-electron chi connectivity index (χ0n) is 9.21. The quantitative estimate of drug-likeness (QED) is 0.418. The molecule has 18 heavy (non-hydrogen) atoms. The molecule has 1 aromatic heterocycles. The molecule has 2 heterocycles. The summed E-state index contributed by atoms with van der Waals surface area (Å²) in [5, 5.41) is 7.60. The first-order valence-electron chi connectivity index (χ1n) is 4.84. The normalized spacial score (nSPS) is 16.3. The highest BCUT2D eigenvalue weighted by molar-refractivity contribution is 5.78. The number of carboxylic acid groups (broad SMARTS) is 1. The minimum Gasteiger partial charge on any atom is -0.478 e. The summed E-state index contributed by atoms with van der Waals surface area (Å²) in [6.45, 7) is 3.69. The summed E-state index contributed by atoms with van der Waals surface area (Å²) in [4.78, 5) is 45.9. The van der Waals surface area contributed by atoms with E-state index >= 15 is 0 Å². The SMILES string of the molecule is C=CC(=O)O.O=c1[nH]c(=O)n(CC2CO2)c(=O)[nH]1. The van der Waals surface area contributed by atoms with Crippen LogP contribution in [0.2, 0.25) is 0 Å². The van der Waals surface area contributed by atoms with E-state index in [2.05, 4.69) is 6.58 Å². The Morgan fingerprint density at radius 1 is 1.44 bits per heavy atom. The number of epoxide rings is 1. The summed E-state index contributed by atoms with van der Waals surface area (Å²) in [7, 11) is 0. The topological polar surface area (TPSA) is 138 Å². The highest BCUT2D eigenvalue weighted by Crippen LogP contribution is 2.08. The van der Waals surface area contributed by atoms with Crippen LogP contribution in [0.15, 0.2) is 27.0 Å². The molecule has 0 bridgehead atoms.